The lowest BCUT2D eigenvalue weighted by molar-refractivity contribution is -0.132. The van der Waals surface area contributed by atoms with Crippen LogP contribution in [0.1, 0.15) is 49.2 Å². The van der Waals surface area contributed by atoms with Crippen LogP contribution < -0.4 is 0 Å². The fourth-order valence-electron chi connectivity index (χ4n) is 3.79. The third kappa shape index (κ3) is 2.87. The van der Waals surface area contributed by atoms with Crippen LogP contribution >= 0.6 is 0 Å². The van der Waals surface area contributed by atoms with Crippen LogP contribution in [0.3, 0.4) is 0 Å². The second-order valence-electron chi connectivity index (χ2n) is 6.98. The zero-order valence-electron chi connectivity index (χ0n) is 15.4. The Kier molecular flexibility index (Phi) is 4.22. The van der Waals surface area contributed by atoms with Gasteiger partial charge in [0.05, 0.1) is 22.6 Å². The summed E-state index contributed by atoms with van der Waals surface area (Å²) in [6.07, 6.45) is 4.36. The third-order valence-electron chi connectivity index (χ3n) is 5.00. The van der Waals surface area contributed by atoms with Gasteiger partial charge in [-0.3, -0.25) is 4.79 Å². The van der Waals surface area contributed by atoms with Crippen LogP contribution in [-0.4, -0.2) is 43.7 Å². The molecule has 0 radical (unpaired) electrons. The minimum Gasteiger partial charge on any atom is -0.356 e. The molecule has 26 heavy (non-hydrogen) atoms. The molecule has 136 valence electrons. The van der Waals surface area contributed by atoms with Crippen LogP contribution in [0.2, 0.25) is 0 Å². The van der Waals surface area contributed by atoms with Crippen molar-refractivity contribution in [3.05, 3.63) is 35.4 Å². The van der Waals surface area contributed by atoms with Crippen LogP contribution in [0.25, 0.3) is 17.0 Å². The van der Waals surface area contributed by atoms with E-state index in [4.69, 9.17) is 4.52 Å². The van der Waals surface area contributed by atoms with Crippen molar-refractivity contribution < 1.29 is 9.32 Å². The van der Waals surface area contributed by atoms with Gasteiger partial charge < -0.3 is 9.42 Å². The van der Waals surface area contributed by atoms with Gasteiger partial charge in [-0.05, 0) is 26.7 Å². The van der Waals surface area contributed by atoms with E-state index in [-0.39, 0.29) is 11.8 Å². The fraction of sp³-hybridized carbons (Fsp3) is 0.474. The van der Waals surface area contributed by atoms with Gasteiger partial charge in [0.15, 0.2) is 11.4 Å². The molecule has 3 aromatic heterocycles. The third-order valence-corrected chi connectivity index (χ3v) is 5.00. The summed E-state index contributed by atoms with van der Waals surface area (Å²) in [5.41, 5.74) is 4.51. The number of hydrogen-bond acceptors (Lipinski definition) is 5. The molecule has 1 aliphatic rings. The summed E-state index contributed by atoms with van der Waals surface area (Å²) < 4.78 is 7.43. The van der Waals surface area contributed by atoms with E-state index in [9.17, 15) is 4.79 Å². The molecule has 1 aliphatic heterocycles. The molecule has 0 saturated carbocycles. The Bertz CT molecular complexity index is 958. The average Bonchev–Trinajstić information content (AvgIpc) is 3.24. The van der Waals surface area contributed by atoms with Gasteiger partial charge in [0.2, 0.25) is 5.91 Å². The molecule has 7 heteroatoms. The van der Waals surface area contributed by atoms with Crippen molar-refractivity contribution in [2.75, 3.05) is 13.1 Å². The first-order valence-electron chi connectivity index (χ1n) is 9.13. The number of fused-ring (bicyclic) bond motifs is 1. The largest absolute Gasteiger partial charge is 0.356 e. The van der Waals surface area contributed by atoms with Gasteiger partial charge in [0.25, 0.3) is 0 Å². The maximum atomic E-state index is 12.2. The highest BCUT2D eigenvalue weighted by atomic mass is 16.5. The lowest BCUT2D eigenvalue weighted by atomic mass is 9.91. The summed E-state index contributed by atoms with van der Waals surface area (Å²) in [5.74, 6) is 1.08. The molecule has 0 spiro atoms. The summed E-state index contributed by atoms with van der Waals surface area (Å²) in [7, 11) is 0. The van der Waals surface area contributed by atoms with Gasteiger partial charge in [0, 0.05) is 43.8 Å². The van der Waals surface area contributed by atoms with Gasteiger partial charge in [-0.25, -0.2) is 9.50 Å². The number of piperidine rings is 1. The quantitative estimate of drug-likeness (QED) is 0.723. The van der Waals surface area contributed by atoms with E-state index in [2.05, 4.69) is 15.2 Å². The van der Waals surface area contributed by atoms with Crippen LogP contribution in [0.5, 0.6) is 0 Å². The molecule has 1 saturated heterocycles. The van der Waals surface area contributed by atoms with Crippen molar-refractivity contribution >= 4 is 11.6 Å². The van der Waals surface area contributed by atoms with Crippen LogP contribution in [0, 0.1) is 13.8 Å². The van der Waals surface area contributed by atoms with Crippen molar-refractivity contribution in [3.8, 4) is 11.3 Å². The van der Waals surface area contributed by atoms with E-state index in [1.165, 1.54) is 0 Å². The van der Waals surface area contributed by atoms with E-state index >= 15 is 0 Å². The Hall–Kier alpha value is -2.70. The number of likely N-dealkylation sites (tertiary alicyclic amines) is 1. The van der Waals surface area contributed by atoms with Crippen LogP contribution in [0.15, 0.2) is 22.9 Å². The van der Waals surface area contributed by atoms with Gasteiger partial charge in [0.1, 0.15) is 0 Å². The number of carbonyl (C=O) groups is 1. The Balaban J connectivity index is 1.84. The Labute approximate surface area is 152 Å². The number of hydrogen-bond donors (Lipinski definition) is 0. The smallest absolute Gasteiger partial charge is 0.222 e. The molecule has 0 aromatic carbocycles. The molecule has 1 atom stereocenters. The molecule has 1 amide bonds. The monoisotopic (exact) mass is 353 g/mol. The average molecular weight is 353 g/mol. The van der Waals surface area contributed by atoms with Crippen molar-refractivity contribution in [3.63, 3.8) is 0 Å². The highest BCUT2D eigenvalue weighted by Gasteiger charge is 2.29. The summed E-state index contributed by atoms with van der Waals surface area (Å²) in [6, 6.07) is 3.89. The minimum absolute atomic E-state index is 0.185. The Morgan fingerprint density at radius 3 is 2.88 bits per heavy atom. The SMILES string of the molecule is CCC(=O)N1CCCC(c2c(-c3cc(C)no3)cnc3cc(C)nn23)C1. The number of aromatic nitrogens is 4. The highest BCUT2D eigenvalue weighted by Crippen LogP contribution is 2.35. The van der Waals surface area contributed by atoms with Gasteiger partial charge in [-0.1, -0.05) is 12.1 Å². The lowest BCUT2D eigenvalue weighted by Gasteiger charge is -2.33. The number of amides is 1. The first kappa shape index (κ1) is 16.8. The second-order valence-corrected chi connectivity index (χ2v) is 6.98. The maximum absolute atomic E-state index is 12.2. The van der Waals surface area contributed by atoms with Crippen molar-refractivity contribution in [2.24, 2.45) is 0 Å². The molecule has 1 unspecified atom stereocenters. The Morgan fingerprint density at radius 1 is 1.31 bits per heavy atom. The fourth-order valence-corrected chi connectivity index (χ4v) is 3.79. The van der Waals surface area contributed by atoms with Crippen molar-refractivity contribution in [1.82, 2.24) is 24.7 Å². The van der Waals surface area contributed by atoms with Gasteiger partial charge in [-0.15, -0.1) is 0 Å². The number of carbonyl (C=O) groups excluding carboxylic acids is 1. The van der Waals surface area contributed by atoms with E-state index in [1.54, 1.807) is 0 Å². The highest BCUT2D eigenvalue weighted by molar-refractivity contribution is 5.76. The zero-order chi connectivity index (χ0) is 18.3. The molecule has 0 bridgehead atoms. The van der Waals surface area contributed by atoms with E-state index in [0.29, 0.717) is 18.7 Å². The molecule has 3 aromatic rings. The minimum atomic E-state index is 0.185. The van der Waals surface area contributed by atoms with Crippen LogP contribution in [-0.2, 0) is 4.79 Å². The maximum Gasteiger partial charge on any atom is 0.222 e. The first-order valence-corrected chi connectivity index (χ1v) is 9.13. The van der Waals surface area contributed by atoms with Gasteiger partial charge in [-0.2, -0.15) is 5.10 Å². The summed E-state index contributed by atoms with van der Waals surface area (Å²) in [5, 5.41) is 8.68. The topological polar surface area (TPSA) is 76.5 Å². The van der Waals surface area contributed by atoms with E-state index in [1.807, 2.05) is 48.5 Å². The normalized spacial score (nSPS) is 17.8. The molecule has 4 rings (SSSR count). The summed E-state index contributed by atoms with van der Waals surface area (Å²) in [6.45, 7) is 7.30. The second kappa shape index (κ2) is 6.55. The molecule has 1 fully saturated rings. The summed E-state index contributed by atoms with van der Waals surface area (Å²) in [4.78, 5) is 18.7. The molecular weight excluding hydrogens is 330 g/mol. The lowest BCUT2D eigenvalue weighted by Crippen LogP contribution is -2.39. The zero-order valence-corrected chi connectivity index (χ0v) is 15.4. The Morgan fingerprint density at radius 2 is 2.15 bits per heavy atom. The predicted octanol–water partition coefficient (Wildman–Crippen LogP) is 3.12. The molecule has 0 N–H and O–H groups in total. The van der Waals surface area contributed by atoms with Gasteiger partial charge >= 0.3 is 0 Å². The van der Waals surface area contributed by atoms with E-state index in [0.717, 1.165) is 47.7 Å². The van der Waals surface area contributed by atoms with Crippen LogP contribution in [0.4, 0.5) is 0 Å². The van der Waals surface area contributed by atoms with Crippen molar-refractivity contribution in [1.29, 1.82) is 0 Å². The number of aryl methyl sites for hydroxylation is 2. The summed E-state index contributed by atoms with van der Waals surface area (Å²) >= 11 is 0. The molecule has 7 nitrogen and oxygen atoms in total. The number of nitrogens with zero attached hydrogens (tertiary/aromatic N) is 5. The van der Waals surface area contributed by atoms with Crippen molar-refractivity contribution in [2.45, 2.75) is 46.0 Å². The number of rotatable bonds is 3. The predicted molar refractivity (Wildman–Crippen MR) is 96.8 cm³/mol. The molecule has 0 aliphatic carbocycles. The standard InChI is InChI=1S/C19H23N5O2/c1-4-18(25)23-7-5-6-14(11-23)19-15(16-8-13(3)22-26-16)10-20-17-9-12(2)21-24(17)19/h8-10,14H,4-7,11H2,1-3H3. The molecular formula is C19H23N5O2. The first-order chi connectivity index (χ1) is 12.6. The van der Waals surface area contributed by atoms with E-state index < -0.39 is 0 Å². The molecule has 4 heterocycles.